The van der Waals surface area contributed by atoms with Crippen LogP contribution in [0.2, 0.25) is 0 Å². The van der Waals surface area contributed by atoms with Crippen LogP contribution in [0, 0.1) is 0 Å². The van der Waals surface area contributed by atoms with Gasteiger partial charge in [0.1, 0.15) is 0 Å². The SMILES string of the molecule is COC(=O)CCC([NH])=O. The normalized spacial score (nSPS) is 8.56. The van der Waals surface area contributed by atoms with E-state index in [2.05, 4.69) is 4.74 Å². The first-order valence-corrected chi connectivity index (χ1v) is 2.48. The predicted molar refractivity (Wildman–Crippen MR) is 29.4 cm³/mol. The molecule has 0 saturated carbocycles. The minimum Gasteiger partial charge on any atom is -0.469 e. The van der Waals surface area contributed by atoms with Crippen LogP contribution in [0.1, 0.15) is 12.8 Å². The highest BCUT2D eigenvalue weighted by molar-refractivity contribution is 5.79. The van der Waals surface area contributed by atoms with Crippen molar-refractivity contribution >= 4 is 11.9 Å². The summed E-state index contributed by atoms with van der Waals surface area (Å²) in [5.41, 5.74) is 6.40. The van der Waals surface area contributed by atoms with Crippen molar-refractivity contribution in [3.8, 4) is 0 Å². The molecule has 0 aromatic carbocycles. The zero-order valence-corrected chi connectivity index (χ0v) is 5.14. The molecule has 0 aromatic heterocycles. The predicted octanol–water partition coefficient (Wildman–Crippen LogP) is -0.251. The van der Waals surface area contributed by atoms with Crippen LogP contribution >= 0.6 is 0 Å². The molecule has 1 amide bonds. The third kappa shape index (κ3) is 4.80. The van der Waals surface area contributed by atoms with Gasteiger partial charge in [-0.3, -0.25) is 15.3 Å². The summed E-state index contributed by atoms with van der Waals surface area (Å²) >= 11 is 0. The van der Waals surface area contributed by atoms with Gasteiger partial charge in [0.2, 0.25) is 5.91 Å². The summed E-state index contributed by atoms with van der Waals surface area (Å²) in [4.78, 5) is 20.2. The molecule has 1 N–H and O–H groups in total. The summed E-state index contributed by atoms with van der Waals surface area (Å²) in [6.07, 6.45) is -0.0362. The Morgan fingerprint density at radius 1 is 1.44 bits per heavy atom. The van der Waals surface area contributed by atoms with Gasteiger partial charge in [0, 0.05) is 6.42 Å². The van der Waals surface area contributed by atoms with Crippen molar-refractivity contribution in [2.75, 3.05) is 7.11 Å². The van der Waals surface area contributed by atoms with Gasteiger partial charge in [-0.1, -0.05) is 0 Å². The maximum absolute atomic E-state index is 10.3. The lowest BCUT2D eigenvalue weighted by Gasteiger charge is -1.92. The Morgan fingerprint density at radius 3 is 2.33 bits per heavy atom. The maximum atomic E-state index is 10.3. The van der Waals surface area contributed by atoms with Crippen LogP contribution in [0.3, 0.4) is 0 Å². The lowest BCUT2D eigenvalue weighted by atomic mass is 10.3. The number of carbonyl (C=O) groups is 2. The molecule has 51 valence electrons. The standard InChI is InChI=1S/C5H8NO3/c1-9-5(8)3-2-4(6)7/h6H,2-3H2,1H3. The number of methoxy groups -OCH3 is 1. The number of hydrogen-bond acceptors (Lipinski definition) is 3. The number of nitrogens with one attached hydrogen (secondary N) is 1. The van der Waals surface area contributed by atoms with Crippen molar-refractivity contribution in [3.05, 3.63) is 0 Å². The molecule has 0 fully saturated rings. The lowest BCUT2D eigenvalue weighted by Crippen LogP contribution is -2.05. The molecule has 0 aromatic rings. The van der Waals surface area contributed by atoms with Crippen LogP contribution in [0.25, 0.3) is 0 Å². The Morgan fingerprint density at radius 2 is 2.00 bits per heavy atom. The van der Waals surface area contributed by atoms with Gasteiger partial charge in [-0.05, 0) is 0 Å². The van der Waals surface area contributed by atoms with Crippen molar-refractivity contribution in [1.82, 2.24) is 5.73 Å². The fourth-order valence-electron chi connectivity index (χ4n) is 0.318. The van der Waals surface area contributed by atoms with Crippen molar-refractivity contribution < 1.29 is 14.3 Å². The number of ether oxygens (including phenoxy) is 1. The second-order valence-electron chi connectivity index (χ2n) is 1.50. The molecule has 0 spiro atoms. The molecular weight excluding hydrogens is 122 g/mol. The zero-order valence-electron chi connectivity index (χ0n) is 5.14. The minimum absolute atomic E-state index is 0.0127. The number of carbonyl (C=O) groups excluding carboxylic acids is 2. The zero-order chi connectivity index (χ0) is 7.28. The van der Waals surface area contributed by atoms with E-state index in [-0.39, 0.29) is 12.8 Å². The molecule has 4 nitrogen and oxygen atoms in total. The van der Waals surface area contributed by atoms with Crippen molar-refractivity contribution in [3.63, 3.8) is 0 Å². The van der Waals surface area contributed by atoms with E-state index in [1.54, 1.807) is 0 Å². The first kappa shape index (κ1) is 7.94. The molecule has 1 radical (unpaired) electrons. The van der Waals surface area contributed by atoms with Crippen molar-refractivity contribution in [2.45, 2.75) is 12.8 Å². The average Bonchev–Trinajstić information content (AvgIpc) is 1.83. The molecule has 0 unspecified atom stereocenters. The smallest absolute Gasteiger partial charge is 0.306 e. The van der Waals surface area contributed by atoms with E-state index in [4.69, 9.17) is 5.73 Å². The molecule has 0 bridgehead atoms. The van der Waals surface area contributed by atoms with Crippen LogP contribution in [-0.4, -0.2) is 19.0 Å². The Labute approximate surface area is 53.0 Å². The Hall–Kier alpha value is -1.06. The molecule has 9 heavy (non-hydrogen) atoms. The summed E-state index contributed by atoms with van der Waals surface area (Å²) in [6, 6.07) is 0. The van der Waals surface area contributed by atoms with Crippen LogP contribution in [0.5, 0.6) is 0 Å². The van der Waals surface area contributed by atoms with Gasteiger partial charge in [-0.25, -0.2) is 0 Å². The average molecular weight is 130 g/mol. The summed E-state index contributed by atoms with van der Waals surface area (Å²) < 4.78 is 4.23. The van der Waals surface area contributed by atoms with E-state index in [0.29, 0.717) is 0 Å². The fraction of sp³-hybridized carbons (Fsp3) is 0.600. The third-order valence-electron chi connectivity index (χ3n) is 0.784. The molecule has 0 atom stereocenters. The van der Waals surface area contributed by atoms with E-state index < -0.39 is 11.9 Å². The quantitative estimate of drug-likeness (QED) is 0.494. The number of hydrogen-bond donors (Lipinski definition) is 0. The Kier molecular flexibility index (Phi) is 3.43. The molecule has 0 rings (SSSR count). The van der Waals surface area contributed by atoms with E-state index in [9.17, 15) is 9.59 Å². The Bertz CT molecular complexity index is 121. The number of rotatable bonds is 3. The van der Waals surface area contributed by atoms with Crippen molar-refractivity contribution in [2.24, 2.45) is 0 Å². The molecule has 4 heteroatoms. The van der Waals surface area contributed by atoms with Gasteiger partial charge < -0.3 is 4.74 Å². The van der Waals surface area contributed by atoms with Gasteiger partial charge in [0.05, 0.1) is 13.5 Å². The van der Waals surface area contributed by atoms with Crippen molar-refractivity contribution in [1.29, 1.82) is 0 Å². The fourth-order valence-corrected chi connectivity index (χ4v) is 0.318. The molecule has 0 aliphatic rings. The second kappa shape index (κ2) is 3.88. The van der Waals surface area contributed by atoms with Crippen LogP contribution in [0.4, 0.5) is 0 Å². The van der Waals surface area contributed by atoms with E-state index in [1.165, 1.54) is 7.11 Å². The lowest BCUT2D eigenvalue weighted by molar-refractivity contribution is -0.141. The number of amides is 1. The molecule has 0 saturated heterocycles. The highest BCUT2D eigenvalue weighted by atomic mass is 16.5. The van der Waals surface area contributed by atoms with Gasteiger partial charge in [0.25, 0.3) is 0 Å². The van der Waals surface area contributed by atoms with Crippen LogP contribution < -0.4 is 5.73 Å². The van der Waals surface area contributed by atoms with Crippen LogP contribution in [-0.2, 0) is 14.3 Å². The second-order valence-corrected chi connectivity index (χ2v) is 1.50. The summed E-state index contributed by atoms with van der Waals surface area (Å²) in [6.45, 7) is 0. The molecular formula is C5H8NO3. The first-order valence-electron chi connectivity index (χ1n) is 2.48. The minimum atomic E-state index is -0.736. The summed E-state index contributed by atoms with van der Waals surface area (Å²) in [7, 11) is 1.25. The van der Waals surface area contributed by atoms with Gasteiger partial charge in [-0.15, -0.1) is 0 Å². The largest absolute Gasteiger partial charge is 0.469 e. The monoisotopic (exact) mass is 130 g/mol. The topological polar surface area (TPSA) is 67.2 Å². The highest BCUT2D eigenvalue weighted by Crippen LogP contribution is 1.89. The van der Waals surface area contributed by atoms with Gasteiger partial charge in [-0.2, -0.15) is 0 Å². The third-order valence-corrected chi connectivity index (χ3v) is 0.784. The van der Waals surface area contributed by atoms with Gasteiger partial charge >= 0.3 is 5.97 Å². The maximum Gasteiger partial charge on any atom is 0.306 e. The van der Waals surface area contributed by atoms with Gasteiger partial charge in [0.15, 0.2) is 0 Å². The van der Waals surface area contributed by atoms with Crippen LogP contribution in [0.15, 0.2) is 0 Å². The molecule has 0 aliphatic heterocycles. The summed E-state index contributed by atoms with van der Waals surface area (Å²) in [5, 5.41) is 0. The Balaban J connectivity index is 3.28. The van der Waals surface area contributed by atoms with E-state index in [1.807, 2.05) is 0 Å². The number of esters is 1. The summed E-state index contributed by atoms with van der Waals surface area (Å²) in [5.74, 6) is -1.18. The van der Waals surface area contributed by atoms with E-state index in [0.717, 1.165) is 0 Å². The first-order chi connectivity index (χ1) is 4.16. The highest BCUT2D eigenvalue weighted by Gasteiger charge is 2.01. The molecule has 0 aliphatic carbocycles. The van der Waals surface area contributed by atoms with E-state index >= 15 is 0 Å². The molecule has 0 heterocycles.